The number of halogens is 1. The molecule has 0 saturated heterocycles. The number of nitrogens with zero attached hydrogens (tertiary/aromatic N) is 1. The number of ether oxygens (including phenoxy) is 1. The molecule has 0 saturated carbocycles. The van der Waals surface area contributed by atoms with Crippen LogP contribution in [0.1, 0.15) is 25.8 Å². The zero-order valence-electron chi connectivity index (χ0n) is 9.66. The molecule has 1 rings (SSSR count). The van der Waals surface area contributed by atoms with Crippen LogP contribution in [0.2, 0.25) is 0 Å². The molecular weight excluding hydrogens is 266 g/mol. The fourth-order valence-corrected chi connectivity index (χ4v) is 1.53. The van der Waals surface area contributed by atoms with Crippen molar-refractivity contribution in [2.45, 2.75) is 25.6 Å². The van der Waals surface area contributed by atoms with E-state index in [0.717, 1.165) is 17.5 Å². The number of rotatable bonds is 5. The quantitative estimate of drug-likeness (QED) is 0.767. The van der Waals surface area contributed by atoms with Crippen LogP contribution >= 0.6 is 15.9 Å². The zero-order chi connectivity index (χ0) is 12.0. The third-order valence-corrected chi connectivity index (χ3v) is 3.02. The minimum Gasteiger partial charge on any atom is -0.494 e. The van der Waals surface area contributed by atoms with Crippen molar-refractivity contribution in [1.29, 1.82) is 5.26 Å². The van der Waals surface area contributed by atoms with Gasteiger partial charge in [-0.1, -0.05) is 28.1 Å². The van der Waals surface area contributed by atoms with E-state index in [9.17, 15) is 0 Å². The van der Waals surface area contributed by atoms with Gasteiger partial charge in [-0.15, -0.1) is 0 Å². The van der Waals surface area contributed by atoms with Crippen LogP contribution in [-0.4, -0.2) is 6.61 Å². The molecule has 0 amide bonds. The molecule has 2 nitrogen and oxygen atoms in total. The predicted octanol–water partition coefficient (Wildman–Crippen LogP) is 3.90. The molecule has 3 heteroatoms. The van der Waals surface area contributed by atoms with Gasteiger partial charge in [0, 0.05) is 5.33 Å². The molecule has 0 radical (unpaired) electrons. The summed E-state index contributed by atoms with van der Waals surface area (Å²) in [7, 11) is 0. The van der Waals surface area contributed by atoms with Gasteiger partial charge in [-0.2, -0.15) is 5.26 Å². The van der Waals surface area contributed by atoms with Crippen LogP contribution in [0, 0.1) is 16.7 Å². The lowest BCUT2D eigenvalue weighted by Gasteiger charge is -2.15. The Hall–Kier alpha value is -1.01. The molecule has 16 heavy (non-hydrogen) atoms. The Morgan fingerprint density at radius 1 is 1.31 bits per heavy atom. The van der Waals surface area contributed by atoms with Crippen molar-refractivity contribution in [1.82, 2.24) is 0 Å². The SMILES string of the molecule is CC(C)(C#N)CCOc1ccc(CBr)cc1. The Morgan fingerprint density at radius 2 is 1.94 bits per heavy atom. The highest BCUT2D eigenvalue weighted by atomic mass is 79.9. The first-order valence-corrected chi connectivity index (χ1v) is 6.38. The Morgan fingerprint density at radius 3 is 2.44 bits per heavy atom. The van der Waals surface area contributed by atoms with Crippen LogP contribution < -0.4 is 4.74 Å². The molecule has 0 aliphatic rings. The van der Waals surface area contributed by atoms with Gasteiger partial charge in [0.15, 0.2) is 0 Å². The maximum absolute atomic E-state index is 8.85. The minimum atomic E-state index is -0.310. The van der Waals surface area contributed by atoms with Gasteiger partial charge in [-0.3, -0.25) is 0 Å². The third-order valence-electron chi connectivity index (χ3n) is 2.38. The van der Waals surface area contributed by atoms with Crippen molar-refractivity contribution in [3.05, 3.63) is 29.8 Å². The van der Waals surface area contributed by atoms with Gasteiger partial charge < -0.3 is 4.74 Å². The van der Waals surface area contributed by atoms with E-state index in [-0.39, 0.29) is 5.41 Å². The van der Waals surface area contributed by atoms with E-state index in [0.29, 0.717) is 6.61 Å². The Balaban J connectivity index is 2.41. The highest BCUT2D eigenvalue weighted by Gasteiger charge is 2.16. The third kappa shape index (κ3) is 4.24. The first-order valence-electron chi connectivity index (χ1n) is 5.26. The number of alkyl halides is 1. The monoisotopic (exact) mass is 281 g/mol. The second-order valence-corrected chi connectivity index (χ2v) is 4.93. The van der Waals surface area contributed by atoms with E-state index >= 15 is 0 Å². The van der Waals surface area contributed by atoms with Gasteiger partial charge in [0.2, 0.25) is 0 Å². The molecule has 0 aliphatic carbocycles. The lowest BCUT2D eigenvalue weighted by Crippen LogP contribution is -2.13. The second kappa shape index (κ2) is 5.91. The van der Waals surface area contributed by atoms with E-state index in [4.69, 9.17) is 10.00 Å². The van der Waals surface area contributed by atoms with Crippen molar-refractivity contribution in [3.8, 4) is 11.8 Å². The molecular formula is C13H16BrNO. The van der Waals surface area contributed by atoms with E-state index in [1.54, 1.807) is 0 Å². The minimum absolute atomic E-state index is 0.310. The number of hydrogen-bond acceptors (Lipinski definition) is 2. The van der Waals surface area contributed by atoms with E-state index < -0.39 is 0 Å². The number of hydrogen-bond donors (Lipinski definition) is 0. The van der Waals surface area contributed by atoms with Crippen molar-refractivity contribution < 1.29 is 4.74 Å². The lowest BCUT2D eigenvalue weighted by molar-refractivity contribution is 0.264. The van der Waals surface area contributed by atoms with Crippen molar-refractivity contribution >= 4 is 15.9 Å². The highest BCUT2D eigenvalue weighted by Crippen LogP contribution is 2.20. The predicted molar refractivity (Wildman–Crippen MR) is 68.6 cm³/mol. The van der Waals surface area contributed by atoms with E-state index in [1.165, 1.54) is 5.56 Å². The lowest BCUT2D eigenvalue weighted by atomic mass is 9.92. The molecule has 0 aromatic heterocycles. The Kier molecular flexibility index (Phi) is 4.82. The zero-order valence-corrected chi connectivity index (χ0v) is 11.3. The summed E-state index contributed by atoms with van der Waals surface area (Å²) in [6, 6.07) is 10.2. The molecule has 0 bridgehead atoms. The second-order valence-electron chi connectivity index (χ2n) is 4.37. The topological polar surface area (TPSA) is 33.0 Å². The van der Waals surface area contributed by atoms with Crippen LogP contribution in [0.4, 0.5) is 0 Å². The van der Waals surface area contributed by atoms with Crippen molar-refractivity contribution in [2.24, 2.45) is 5.41 Å². The van der Waals surface area contributed by atoms with Crippen molar-refractivity contribution in [2.75, 3.05) is 6.61 Å². The summed E-state index contributed by atoms with van der Waals surface area (Å²) < 4.78 is 5.58. The van der Waals surface area contributed by atoms with Crippen LogP contribution in [0.3, 0.4) is 0 Å². The van der Waals surface area contributed by atoms with Gasteiger partial charge in [0.05, 0.1) is 18.1 Å². The van der Waals surface area contributed by atoms with Crippen LogP contribution in [0.5, 0.6) is 5.75 Å². The van der Waals surface area contributed by atoms with Gasteiger partial charge in [0.1, 0.15) is 5.75 Å². The number of benzene rings is 1. The normalized spacial score (nSPS) is 10.9. The van der Waals surface area contributed by atoms with Gasteiger partial charge in [-0.25, -0.2) is 0 Å². The average Bonchev–Trinajstić information content (AvgIpc) is 2.30. The Labute approximate surface area is 105 Å². The molecule has 0 heterocycles. The van der Waals surface area contributed by atoms with Crippen LogP contribution in [0.15, 0.2) is 24.3 Å². The maximum Gasteiger partial charge on any atom is 0.119 e. The number of nitriles is 1. The van der Waals surface area contributed by atoms with E-state index in [1.807, 2.05) is 38.1 Å². The van der Waals surface area contributed by atoms with Gasteiger partial charge in [-0.05, 0) is 38.0 Å². The largest absolute Gasteiger partial charge is 0.494 e. The summed E-state index contributed by atoms with van der Waals surface area (Å²) in [5, 5.41) is 9.70. The Bertz CT molecular complexity index is 365. The summed E-state index contributed by atoms with van der Waals surface area (Å²) in [4.78, 5) is 0. The first-order chi connectivity index (χ1) is 7.57. The molecule has 1 aromatic carbocycles. The standard InChI is InChI=1S/C13H16BrNO/c1-13(2,10-15)7-8-16-12-5-3-11(9-14)4-6-12/h3-6H,7-9H2,1-2H3. The molecule has 0 atom stereocenters. The fraction of sp³-hybridized carbons (Fsp3) is 0.462. The smallest absolute Gasteiger partial charge is 0.119 e. The fourth-order valence-electron chi connectivity index (χ4n) is 1.15. The van der Waals surface area contributed by atoms with Crippen LogP contribution in [0.25, 0.3) is 0 Å². The van der Waals surface area contributed by atoms with Gasteiger partial charge in [0.25, 0.3) is 0 Å². The summed E-state index contributed by atoms with van der Waals surface area (Å²) in [6.07, 6.45) is 0.740. The maximum atomic E-state index is 8.85. The molecule has 86 valence electrons. The summed E-state index contributed by atoms with van der Waals surface area (Å²) in [5.41, 5.74) is 0.917. The van der Waals surface area contributed by atoms with E-state index in [2.05, 4.69) is 22.0 Å². The van der Waals surface area contributed by atoms with Crippen molar-refractivity contribution in [3.63, 3.8) is 0 Å². The average molecular weight is 282 g/mol. The molecule has 0 unspecified atom stereocenters. The summed E-state index contributed by atoms with van der Waals surface area (Å²) in [5.74, 6) is 0.860. The molecule has 1 aromatic rings. The summed E-state index contributed by atoms with van der Waals surface area (Å²) in [6.45, 7) is 4.42. The highest BCUT2D eigenvalue weighted by molar-refractivity contribution is 9.08. The van der Waals surface area contributed by atoms with Crippen LogP contribution in [-0.2, 0) is 5.33 Å². The molecule has 0 N–H and O–H groups in total. The molecule has 0 fully saturated rings. The first kappa shape index (κ1) is 13.1. The molecule has 0 aliphatic heterocycles. The van der Waals surface area contributed by atoms with Gasteiger partial charge >= 0.3 is 0 Å². The molecule has 0 spiro atoms. The summed E-state index contributed by atoms with van der Waals surface area (Å²) >= 11 is 3.39.